The number of rotatable bonds is 6. The van der Waals surface area contributed by atoms with Crippen LogP contribution >= 0.6 is 0 Å². The summed E-state index contributed by atoms with van der Waals surface area (Å²) in [6.07, 6.45) is -2.24. The summed E-state index contributed by atoms with van der Waals surface area (Å²) in [5, 5.41) is 11.5. The summed E-state index contributed by atoms with van der Waals surface area (Å²) in [6.45, 7) is 16.9. The smallest absolute Gasteiger partial charge is 0.507 e. The fourth-order valence-electron chi connectivity index (χ4n) is 4.92. The largest absolute Gasteiger partial charge is 0.517 e. The van der Waals surface area contributed by atoms with Crippen molar-refractivity contribution in [3.63, 3.8) is 0 Å². The van der Waals surface area contributed by atoms with Crippen LogP contribution in [-0.2, 0) is 15.9 Å². The zero-order valence-electron chi connectivity index (χ0n) is 21.4. The van der Waals surface area contributed by atoms with Crippen molar-refractivity contribution in [3.05, 3.63) is 35.5 Å². The minimum Gasteiger partial charge on any atom is -0.507 e. The number of amides is 1. The number of hydrogen-bond donors (Lipinski definition) is 2. The normalized spacial score (nSPS) is 12.1. The average Bonchev–Trinajstić information content (AvgIpc) is 2.65. The number of nitrogens with two attached hydrogens (primary N) is 1. The van der Waals surface area contributed by atoms with Crippen LogP contribution in [0, 0.1) is 11.5 Å². The molecular formula is C26H36N2O5Si. The molecule has 0 spiro atoms. The molecule has 0 unspecified atom stereocenters. The van der Waals surface area contributed by atoms with E-state index in [9.17, 15) is 14.7 Å². The third-order valence-electron chi connectivity index (χ3n) is 6.30. The first kappa shape index (κ1) is 27.2. The van der Waals surface area contributed by atoms with Gasteiger partial charge in [0.2, 0.25) is 0 Å². The van der Waals surface area contributed by atoms with E-state index in [1.165, 1.54) is 0 Å². The molecule has 1 heterocycles. The Labute approximate surface area is 203 Å². The number of carbonyl (C=O) groups is 2. The quantitative estimate of drug-likeness (QED) is 0.223. The van der Waals surface area contributed by atoms with Crippen LogP contribution in [0.3, 0.4) is 0 Å². The van der Waals surface area contributed by atoms with Gasteiger partial charge in [-0.2, -0.15) is 0 Å². The van der Waals surface area contributed by atoms with Gasteiger partial charge in [-0.15, -0.1) is 5.54 Å². The van der Waals surface area contributed by atoms with E-state index < -0.39 is 25.9 Å². The van der Waals surface area contributed by atoms with Crippen LogP contribution in [0.2, 0.25) is 16.6 Å². The Kier molecular flexibility index (Phi) is 8.38. The van der Waals surface area contributed by atoms with E-state index >= 15 is 0 Å². The van der Waals surface area contributed by atoms with Crippen LogP contribution in [0.4, 0.5) is 9.59 Å². The van der Waals surface area contributed by atoms with Gasteiger partial charge in [0.25, 0.3) is 0 Å². The molecule has 2 rings (SSSR count). The molecule has 1 aromatic heterocycles. The van der Waals surface area contributed by atoms with E-state index in [1.54, 1.807) is 19.9 Å². The van der Waals surface area contributed by atoms with Gasteiger partial charge in [0, 0.05) is 23.7 Å². The maximum Gasteiger partial charge on any atom is 0.517 e. The number of benzene rings is 1. The number of pyridine rings is 1. The maximum atomic E-state index is 11.7. The van der Waals surface area contributed by atoms with Crippen molar-refractivity contribution >= 4 is 31.2 Å². The van der Waals surface area contributed by atoms with Crippen LogP contribution < -0.4 is 5.73 Å². The number of ether oxygens (including phenoxy) is 2. The van der Waals surface area contributed by atoms with Crippen molar-refractivity contribution in [2.24, 2.45) is 5.73 Å². The molecule has 7 nitrogen and oxygen atoms in total. The lowest BCUT2D eigenvalue weighted by molar-refractivity contribution is 0.0000409. The molecule has 2 aromatic rings. The molecular weight excluding hydrogens is 448 g/mol. The molecule has 1 aromatic carbocycles. The van der Waals surface area contributed by atoms with Gasteiger partial charge in [-0.3, -0.25) is 4.98 Å². The highest BCUT2D eigenvalue weighted by Crippen LogP contribution is 2.41. The second-order valence-electron chi connectivity index (χ2n) is 10.2. The number of nitrogens with zero attached hydrogens (tertiary/aromatic N) is 1. The molecule has 0 aliphatic rings. The number of fused-ring (bicyclic) bond motifs is 1. The molecule has 184 valence electrons. The van der Waals surface area contributed by atoms with E-state index in [0.717, 1.165) is 5.56 Å². The molecule has 0 fully saturated rings. The Bertz CT molecular complexity index is 1110. The van der Waals surface area contributed by atoms with Gasteiger partial charge in [-0.05, 0) is 42.6 Å². The van der Waals surface area contributed by atoms with Gasteiger partial charge in [0.05, 0.1) is 10.9 Å². The molecule has 0 aliphatic carbocycles. The minimum atomic E-state index is -1.94. The second-order valence-corrected chi connectivity index (χ2v) is 15.8. The molecule has 1 amide bonds. The Hall–Kier alpha value is -3.05. The Balaban J connectivity index is 2.47. The lowest BCUT2D eigenvalue weighted by Gasteiger charge is -2.38. The predicted molar refractivity (Wildman–Crippen MR) is 136 cm³/mol. The van der Waals surface area contributed by atoms with E-state index in [4.69, 9.17) is 10.5 Å². The maximum absolute atomic E-state index is 11.7. The van der Waals surface area contributed by atoms with Gasteiger partial charge >= 0.3 is 12.2 Å². The third kappa shape index (κ3) is 6.09. The summed E-state index contributed by atoms with van der Waals surface area (Å²) in [4.78, 5) is 27.1. The van der Waals surface area contributed by atoms with Crippen molar-refractivity contribution in [2.45, 2.75) is 84.0 Å². The van der Waals surface area contributed by atoms with Crippen molar-refractivity contribution in [2.75, 3.05) is 0 Å². The van der Waals surface area contributed by atoms with E-state index in [2.05, 4.69) is 62.7 Å². The van der Waals surface area contributed by atoms with Gasteiger partial charge in [-0.25, -0.2) is 9.59 Å². The summed E-state index contributed by atoms with van der Waals surface area (Å²) in [5.41, 5.74) is 10.8. The molecule has 3 N–H and O–H groups in total. The molecule has 0 bridgehead atoms. The third-order valence-corrected chi connectivity index (χ3v) is 12.6. The molecule has 0 saturated heterocycles. The lowest BCUT2D eigenvalue weighted by Crippen LogP contribution is -2.43. The summed E-state index contributed by atoms with van der Waals surface area (Å²) in [7, 11) is -1.94. The Morgan fingerprint density at radius 3 is 2.24 bits per heavy atom. The van der Waals surface area contributed by atoms with Crippen molar-refractivity contribution in [1.29, 1.82) is 0 Å². The fraction of sp³-hybridized carbons (Fsp3) is 0.500. The first-order chi connectivity index (χ1) is 15.7. The number of aromatic nitrogens is 1. The fourth-order valence-corrected chi connectivity index (χ4v) is 10.1. The van der Waals surface area contributed by atoms with Crippen LogP contribution in [0.25, 0.3) is 10.9 Å². The van der Waals surface area contributed by atoms with Crippen LogP contribution in [0.15, 0.2) is 24.3 Å². The van der Waals surface area contributed by atoms with Crippen LogP contribution in [0.5, 0.6) is 5.75 Å². The molecule has 0 aliphatic heterocycles. The topological polar surface area (TPSA) is 112 Å². The average molecular weight is 485 g/mol. The van der Waals surface area contributed by atoms with E-state index in [0.29, 0.717) is 33.2 Å². The SMILES string of the molecule is CC(C)[Si](C#Cc1cccc2nc(CC(C)(C)OC(=O)OC(N)=O)cc(O)c12)(C(C)C)C(C)C. The summed E-state index contributed by atoms with van der Waals surface area (Å²) < 4.78 is 9.40. The Morgan fingerprint density at radius 2 is 1.71 bits per heavy atom. The first-order valence-corrected chi connectivity index (χ1v) is 13.8. The highest BCUT2D eigenvalue weighted by Gasteiger charge is 2.41. The van der Waals surface area contributed by atoms with E-state index in [1.807, 2.05) is 18.2 Å². The Morgan fingerprint density at radius 1 is 1.12 bits per heavy atom. The highest BCUT2D eigenvalue weighted by atomic mass is 28.3. The standard InChI is InChI=1S/C26H36N2O5Si/c1-16(2)34(17(3)4,18(5)6)13-12-19-10-9-11-21-23(19)22(29)14-20(28-21)15-26(7,8)33-25(31)32-24(27)30/h9-11,14,16-18H,15H2,1-8H3,(H2,27,30)(H,28,29). The van der Waals surface area contributed by atoms with Gasteiger partial charge in [-0.1, -0.05) is 53.5 Å². The summed E-state index contributed by atoms with van der Waals surface area (Å²) in [5.74, 6) is 3.47. The van der Waals surface area contributed by atoms with Gasteiger partial charge in [0.15, 0.2) is 0 Å². The molecule has 8 heteroatoms. The molecule has 0 atom stereocenters. The summed E-state index contributed by atoms with van der Waals surface area (Å²) in [6, 6.07) is 7.15. The molecule has 0 radical (unpaired) electrons. The highest BCUT2D eigenvalue weighted by molar-refractivity contribution is 6.90. The zero-order valence-corrected chi connectivity index (χ0v) is 22.4. The number of hydrogen-bond acceptors (Lipinski definition) is 6. The first-order valence-electron chi connectivity index (χ1n) is 11.5. The van der Waals surface area contributed by atoms with Gasteiger partial charge < -0.3 is 20.3 Å². The minimum absolute atomic E-state index is 0.0614. The van der Waals surface area contributed by atoms with Crippen LogP contribution in [-0.4, -0.2) is 36.0 Å². The van der Waals surface area contributed by atoms with E-state index in [-0.39, 0.29) is 12.2 Å². The van der Waals surface area contributed by atoms with Crippen LogP contribution in [0.1, 0.15) is 66.6 Å². The summed E-state index contributed by atoms with van der Waals surface area (Å²) >= 11 is 0. The number of primary amides is 1. The monoisotopic (exact) mass is 484 g/mol. The number of carbonyl (C=O) groups excluding carboxylic acids is 2. The van der Waals surface area contributed by atoms with Crippen molar-refractivity contribution < 1.29 is 24.2 Å². The molecule has 34 heavy (non-hydrogen) atoms. The van der Waals surface area contributed by atoms with Gasteiger partial charge in [0.1, 0.15) is 19.4 Å². The second kappa shape index (κ2) is 10.5. The van der Waals surface area contributed by atoms with Crippen molar-refractivity contribution in [1.82, 2.24) is 4.98 Å². The predicted octanol–water partition coefficient (Wildman–Crippen LogP) is 6.06. The number of aromatic hydroxyl groups is 1. The van der Waals surface area contributed by atoms with Crippen molar-refractivity contribution in [3.8, 4) is 17.2 Å². The molecule has 0 saturated carbocycles. The zero-order chi connectivity index (χ0) is 25.8. The lowest BCUT2D eigenvalue weighted by atomic mass is 10.00.